The lowest BCUT2D eigenvalue weighted by Crippen LogP contribution is -2.19. The SMILES string of the molecule is COc1ccc(CC(CN)Cc2ccn(C(C)C)n2)cc1. The lowest BCUT2D eigenvalue weighted by molar-refractivity contribution is 0.414. The highest BCUT2D eigenvalue weighted by Crippen LogP contribution is 2.17. The van der Waals surface area contributed by atoms with Crippen molar-refractivity contribution in [2.45, 2.75) is 32.7 Å². The second-order valence-corrected chi connectivity index (χ2v) is 5.74. The normalized spacial score (nSPS) is 12.6. The lowest BCUT2D eigenvalue weighted by atomic mass is 9.95. The summed E-state index contributed by atoms with van der Waals surface area (Å²) in [5.41, 5.74) is 8.34. The summed E-state index contributed by atoms with van der Waals surface area (Å²) in [7, 11) is 1.68. The predicted octanol–water partition coefficient (Wildman–Crippen LogP) is 2.83. The summed E-state index contributed by atoms with van der Waals surface area (Å²) >= 11 is 0. The summed E-state index contributed by atoms with van der Waals surface area (Å²) in [5.74, 6) is 1.30. The zero-order valence-electron chi connectivity index (χ0n) is 13.1. The average Bonchev–Trinajstić information content (AvgIpc) is 2.96. The second kappa shape index (κ2) is 7.27. The molecule has 0 bridgehead atoms. The van der Waals surface area contributed by atoms with E-state index in [4.69, 9.17) is 10.5 Å². The van der Waals surface area contributed by atoms with Gasteiger partial charge in [-0.05, 0) is 62.9 Å². The van der Waals surface area contributed by atoms with E-state index in [1.54, 1.807) is 7.11 Å². The van der Waals surface area contributed by atoms with Crippen LogP contribution in [0.2, 0.25) is 0 Å². The fourth-order valence-electron chi connectivity index (χ4n) is 2.40. The topological polar surface area (TPSA) is 53.1 Å². The number of aromatic nitrogens is 2. The maximum atomic E-state index is 5.93. The number of hydrogen-bond donors (Lipinski definition) is 1. The Labute approximate surface area is 126 Å². The van der Waals surface area contributed by atoms with Crippen molar-refractivity contribution in [3.8, 4) is 5.75 Å². The Bertz CT molecular complexity index is 545. The number of ether oxygens (including phenoxy) is 1. The fraction of sp³-hybridized carbons (Fsp3) is 0.471. The third-order valence-corrected chi connectivity index (χ3v) is 3.71. The summed E-state index contributed by atoms with van der Waals surface area (Å²) in [6.07, 6.45) is 3.93. The number of nitrogens with two attached hydrogens (primary N) is 1. The third kappa shape index (κ3) is 4.33. The van der Waals surface area contributed by atoms with Crippen molar-refractivity contribution in [2.75, 3.05) is 13.7 Å². The first-order chi connectivity index (χ1) is 10.1. The molecule has 0 aliphatic carbocycles. The maximum Gasteiger partial charge on any atom is 0.118 e. The van der Waals surface area contributed by atoms with E-state index in [0.717, 1.165) is 24.3 Å². The van der Waals surface area contributed by atoms with Crippen LogP contribution in [0.25, 0.3) is 0 Å². The molecular weight excluding hydrogens is 262 g/mol. The first-order valence-electron chi connectivity index (χ1n) is 7.49. The van der Waals surface area contributed by atoms with Crippen molar-refractivity contribution in [3.05, 3.63) is 47.8 Å². The van der Waals surface area contributed by atoms with Gasteiger partial charge in [0.2, 0.25) is 0 Å². The first kappa shape index (κ1) is 15.6. The van der Waals surface area contributed by atoms with Crippen LogP contribution < -0.4 is 10.5 Å². The molecule has 0 spiro atoms. The summed E-state index contributed by atoms with van der Waals surface area (Å²) in [5, 5.41) is 4.61. The van der Waals surface area contributed by atoms with E-state index in [1.807, 2.05) is 23.0 Å². The summed E-state index contributed by atoms with van der Waals surface area (Å²) < 4.78 is 7.18. The minimum absolute atomic E-state index is 0.400. The minimum atomic E-state index is 0.400. The highest BCUT2D eigenvalue weighted by atomic mass is 16.5. The standard InChI is InChI=1S/C17H25N3O/c1-13(2)20-9-8-16(19-20)11-15(12-18)10-14-4-6-17(21-3)7-5-14/h4-9,13,15H,10-12,18H2,1-3H3. The van der Waals surface area contributed by atoms with Crippen LogP contribution in [0, 0.1) is 5.92 Å². The lowest BCUT2D eigenvalue weighted by Gasteiger charge is -2.14. The summed E-state index contributed by atoms with van der Waals surface area (Å²) in [6.45, 7) is 4.93. The monoisotopic (exact) mass is 287 g/mol. The summed E-state index contributed by atoms with van der Waals surface area (Å²) in [4.78, 5) is 0. The molecule has 4 nitrogen and oxygen atoms in total. The van der Waals surface area contributed by atoms with Gasteiger partial charge in [-0.2, -0.15) is 5.10 Å². The molecule has 1 aromatic carbocycles. The van der Waals surface area contributed by atoms with Gasteiger partial charge in [0.1, 0.15) is 5.75 Å². The van der Waals surface area contributed by atoms with Crippen LogP contribution in [0.15, 0.2) is 36.5 Å². The molecule has 0 fully saturated rings. The van der Waals surface area contributed by atoms with Gasteiger partial charge in [-0.3, -0.25) is 4.68 Å². The molecule has 2 N–H and O–H groups in total. The van der Waals surface area contributed by atoms with Crippen LogP contribution in [0.1, 0.15) is 31.1 Å². The number of benzene rings is 1. The van der Waals surface area contributed by atoms with Gasteiger partial charge in [-0.15, -0.1) is 0 Å². The molecule has 1 aromatic heterocycles. The molecule has 2 aromatic rings. The molecule has 0 radical (unpaired) electrons. The van der Waals surface area contributed by atoms with Gasteiger partial charge in [-0.1, -0.05) is 12.1 Å². The van der Waals surface area contributed by atoms with Crippen molar-refractivity contribution in [3.63, 3.8) is 0 Å². The predicted molar refractivity (Wildman–Crippen MR) is 85.6 cm³/mol. The molecule has 0 aliphatic rings. The Morgan fingerprint density at radius 2 is 1.86 bits per heavy atom. The molecule has 0 amide bonds. The van der Waals surface area contributed by atoms with E-state index < -0.39 is 0 Å². The van der Waals surface area contributed by atoms with Crippen LogP contribution in [-0.2, 0) is 12.8 Å². The van der Waals surface area contributed by atoms with Crippen molar-refractivity contribution >= 4 is 0 Å². The van der Waals surface area contributed by atoms with E-state index in [0.29, 0.717) is 18.5 Å². The van der Waals surface area contributed by atoms with Gasteiger partial charge < -0.3 is 10.5 Å². The Morgan fingerprint density at radius 3 is 2.38 bits per heavy atom. The van der Waals surface area contributed by atoms with Gasteiger partial charge in [0.05, 0.1) is 12.8 Å². The van der Waals surface area contributed by atoms with Crippen LogP contribution in [0.3, 0.4) is 0 Å². The van der Waals surface area contributed by atoms with Crippen molar-refractivity contribution in [2.24, 2.45) is 11.7 Å². The Kier molecular flexibility index (Phi) is 5.39. The molecule has 1 atom stereocenters. The van der Waals surface area contributed by atoms with Crippen molar-refractivity contribution in [1.82, 2.24) is 9.78 Å². The van der Waals surface area contributed by atoms with Crippen molar-refractivity contribution in [1.29, 1.82) is 0 Å². The quantitative estimate of drug-likeness (QED) is 0.852. The number of rotatable bonds is 7. The molecular formula is C17H25N3O. The van der Waals surface area contributed by atoms with Gasteiger partial charge in [0.25, 0.3) is 0 Å². The van der Waals surface area contributed by atoms with E-state index >= 15 is 0 Å². The van der Waals surface area contributed by atoms with Crippen LogP contribution in [0.4, 0.5) is 0 Å². The fourth-order valence-corrected chi connectivity index (χ4v) is 2.40. The smallest absolute Gasteiger partial charge is 0.118 e. The zero-order valence-corrected chi connectivity index (χ0v) is 13.1. The highest BCUT2D eigenvalue weighted by Gasteiger charge is 2.12. The van der Waals surface area contributed by atoms with Gasteiger partial charge in [0.15, 0.2) is 0 Å². The largest absolute Gasteiger partial charge is 0.497 e. The molecule has 0 aliphatic heterocycles. The zero-order chi connectivity index (χ0) is 15.2. The maximum absolute atomic E-state index is 5.93. The Morgan fingerprint density at radius 1 is 1.14 bits per heavy atom. The van der Waals surface area contributed by atoms with Crippen LogP contribution in [-0.4, -0.2) is 23.4 Å². The Hall–Kier alpha value is -1.81. The van der Waals surface area contributed by atoms with Gasteiger partial charge >= 0.3 is 0 Å². The van der Waals surface area contributed by atoms with E-state index in [2.05, 4.69) is 37.1 Å². The molecule has 21 heavy (non-hydrogen) atoms. The molecule has 0 saturated heterocycles. The van der Waals surface area contributed by atoms with Crippen LogP contribution >= 0.6 is 0 Å². The second-order valence-electron chi connectivity index (χ2n) is 5.74. The van der Waals surface area contributed by atoms with Crippen LogP contribution in [0.5, 0.6) is 5.75 Å². The average molecular weight is 287 g/mol. The van der Waals surface area contributed by atoms with Crippen molar-refractivity contribution < 1.29 is 4.74 Å². The van der Waals surface area contributed by atoms with E-state index in [1.165, 1.54) is 5.56 Å². The Balaban J connectivity index is 1.98. The third-order valence-electron chi connectivity index (χ3n) is 3.71. The molecule has 1 unspecified atom stereocenters. The van der Waals surface area contributed by atoms with Gasteiger partial charge in [-0.25, -0.2) is 0 Å². The molecule has 114 valence electrons. The summed E-state index contributed by atoms with van der Waals surface area (Å²) in [6, 6.07) is 10.7. The first-order valence-corrected chi connectivity index (χ1v) is 7.49. The van der Waals surface area contributed by atoms with E-state index in [-0.39, 0.29) is 0 Å². The van der Waals surface area contributed by atoms with E-state index in [9.17, 15) is 0 Å². The molecule has 2 rings (SSSR count). The molecule has 1 heterocycles. The molecule has 4 heteroatoms. The highest BCUT2D eigenvalue weighted by molar-refractivity contribution is 5.27. The molecule has 0 saturated carbocycles. The number of methoxy groups -OCH3 is 1. The minimum Gasteiger partial charge on any atom is -0.497 e. The van der Waals surface area contributed by atoms with Gasteiger partial charge in [0, 0.05) is 12.2 Å². The number of hydrogen-bond acceptors (Lipinski definition) is 3. The number of nitrogens with zero attached hydrogens (tertiary/aromatic N) is 2.